The molecule has 268 valence electrons. The van der Waals surface area contributed by atoms with Crippen molar-refractivity contribution in [1.29, 1.82) is 0 Å². The second kappa shape index (κ2) is 18.0. The average Bonchev–Trinajstić information content (AvgIpc) is 3.32. The van der Waals surface area contributed by atoms with E-state index in [9.17, 15) is 9.90 Å². The summed E-state index contributed by atoms with van der Waals surface area (Å²) in [5.41, 5.74) is 7.56. The predicted octanol–water partition coefficient (Wildman–Crippen LogP) is 12.2. The monoisotopic (exact) mass is 675 g/mol. The third-order valence-corrected chi connectivity index (χ3v) is 11.1. The number of allylic oxidation sites excluding steroid dienone is 4. The minimum Gasteiger partial charge on any atom is -0.506 e. The molecule has 4 nitrogen and oxygen atoms in total. The number of nitrogens with zero attached hydrogens (tertiary/aromatic N) is 2. The van der Waals surface area contributed by atoms with Crippen molar-refractivity contribution < 1.29 is 14.5 Å². The third kappa shape index (κ3) is 8.79. The van der Waals surface area contributed by atoms with E-state index < -0.39 is 0 Å². The first-order valence-electron chi connectivity index (χ1n) is 20.0. The summed E-state index contributed by atoms with van der Waals surface area (Å²) >= 11 is 0. The van der Waals surface area contributed by atoms with E-state index in [1.807, 2.05) is 12.2 Å². The lowest BCUT2D eigenvalue weighted by Crippen LogP contribution is -2.34. The molecule has 0 amide bonds. The lowest BCUT2D eigenvalue weighted by molar-refractivity contribution is -0.671. The van der Waals surface area contributed by atoms with Crippen LogP contribution < -0.4 is 9.47 Å². The van der Waals surface area contributed by atoms with Crippen LogP contribution in [-0.2, 0) is 16.8 Å². The van der Waals surface area contributed by atoms with E-state index >= 15 is 0 Å². The number of pyridine rings is 1. The molecule has 0 spiro atoms. The fourth-order valence-corrected chi connectivity index (χ4v) is 7.94. The van der Waals surface area contributed by atoms with Crippen LogP contribution in [0.1, 0.15) is 147 Å². The second-order valence-corrected chi connectivity index (χ2v) is 15.4. The van der Waals surface area contributed by atoms with Crippen LogP contribution in [0.15, 0.2) is 83.4 Å². The molecule has 0 fully saturated rings. The summed E-state index contributed by atoms with van der Waals surface area (Å²) in [6.07, 6.45) is 26.7. The van der Waals surface area contributed by atoms with E-state index in [0.717, 1.165) is 48.1 Å². The van der Waals surface area contributed by atoms with Gasteiger partial charge in [0, 0.05) is 41.9 Å². The van der Waals surface area contributed by atoms with Gasteiger partial charge in [0.2, 0.25) is 11.3 Å². The maximum absolute atomic E-state index is 13.8. The zero-order chi connectivity index (χ0) is 35.5. The van der Waals surface area contributed by atoms with Crippen LogP contribution in [0, 0.1) is 6.92 Å². The van der Waals surface area contributed by atoms with Gasteiger partial charge in [-0.15, -0.1) is 0 Å². The van der Waals surface area contributed by atoms with Crippen LogP contribution in [0.5, 0.6) is 0 Å². The van der Waals surface area contributed by atoms with E-state index in [2.05, 4.69) is 98.8 Å². The molecular formula is C46H63N2O2+. The predicted molar refractivity (Wildman–Crippen MR) is 212 cm³/mol. The number of fused-ring (bicyclic) bond motifs is 2. The highest BCUT2D eigenvalue weighted by atomic mass is 16.3. The standard InChI is InChI=1S/C46H62N2O2/c1-6-8-10-12-14-15-16-17-19-23-30-48-42-27-26-35(3)32-40(42)46(4,5)43(48)34-39-44(49)38(45(39)50)33-36-28-31-47(29-22-18-13-11-9-7-2)41-25-21-20-24-37(36)41/h20-21,24-28,31-34H,6-19,22-23,29-30H2,1-5H3/p+1. The second-order valence-electron chi connectivity index (χ2n) is 15.4. The highest BCUT2D eigenvalue weighted by molar-refractivity contribution is 6.23. The van der Waals surface area contributed by atoms with E-state index in [4.69, 9.17) is 0 Å². The van der Waals surface area contributed by atoms with E-state index in [1.54, 1.807) is 0 Å². The zero-order valence-electron chi connectivity index (χ0n) is 31.8. The number of aliphatic hydroxyl groups is 1. The number of rotatable bonds is 20. The largest absolute Gasteiger partial charge is 0.506 e. The quantitative estimate of drug-likeness (QED) is 0.0736. The van der Waals surface area contributed by atoms with Gasteiger partial charge in [-0.05, 0) is 55.2 Å². The molecule has 2 aliphatic rings. The first-order valence-corrected chi connectivity index (χ1v) is 20.0. The Balaban J connectivity index is 1.32. The Morgan fingerprint density at radius 3 is 2.04 bits per heavy atom. The number of para-hydroxylation sites is 1. The van der Waals surface area contributed by atoms with E-state index in [-0.39, 0.29) is 17.0 Å². The molecule has 1 aromatic heterocycles. The molecule has 2 aromatic carbocycles. The normalized spacial score (nSPS) is 17.0. The number of unbranched alkanes of at least 4 members (excludes halogenated alkanes) is 14. The molecule has 0 radical (unpaired) electrons. The lowest BCUT2D eigenvalue weighted by atomic mass is 9.80. The highest BCUT2D eigenvalue weighted by Crippen LogP contribution is 2.49. The summed E-state index contributed by atoms with van der Waals surface area (Å²) < 4.78 is 2.33. The van der Waals surface area contributed by atoms with Gasteiger partial charge in [0.1, 0.15) is 12.3 Å². The van der Waals surface area contributed by atoms with Crippen molar-refractivity contribution in [2.24, 2.45) is 0 Å². The van der Waals surface area contributed by atoms with E-state index in [0.29, 0.717) is 11.1 Å². The van der Waals surface area contributed by atoms with Crippen LogP contribution in [0.3, 0.4) is 0 Å². The van der Waals surface area contributed by atoms with Gasteiger partial charge in [-0.1, -0.05) is 141 Å². The number of hydrogen-bond donors (Lipinski definition) is 1. The summed E-state index contributed by atoms with van der Waals surface area (Å²) in [5, 5.41) is 12.5. The van der Waals surface area contributed by atoms with E-state index in [1.165, 1.54) is 107 Å². The Morgan fingerprint density at radius 1 is 0.760 bits per heavy atom. The first-order chi connectivity index (χ1) is 24.3. The topological polar surface area (TPSA) is 44.4 Å². The number of aromatic nitrogens is 1. The van der Waals surface area contributed by atoms with Gasteiger partial charge in [-0.2, -0.15) is 4.57 Å². The fraction of sp³-hybridized carbons (Fsp3) is 0.522. The molecule has 50 heavy (non-hydrogen) atoms. The van der Waals surface area contributed by atoms with Gasteiger partial charge in [0.15, 0.2) is 6.20 Å². The molecule has 3 aromatic rings. The summed E-state index contributed by atoms with van der Waals surface area (Å²) in [4.78, 5) is 16.2. The number of carbonyl (C=O) groups excluding carboxylic acids is 1. The molecule has 5 rings (SSSR count). The molecule has 1 aliphatic heterocycles. The highest BCUT2D eigenvalue weighted by Gasteiger charge is 2.42. The molecule has 0 unspecified atom stereocenters. The summed E-state index contributed by atoms with van der Waals surface area (Å²) in [5.74, 6) is 0.0296. The maximum Gasteiger partial charge on any atom is 0.213 e. The molecule has 2 heterocycles. The molecule has 0 bridgehead atoms. The van der Waals surface area contributed by atoms with Crippen molar-refractivity contribution in [3.8, 4) is 0 Å². The van der Waals surface area contributed by atoms with Gasteiger partial charge in [0.25, 0.3) is 0 Å². The van der Waals surface area contributed by atoms with Gasteiger partial charge in [-0.25, -0.2) is 0 Å². The molecule has 1 aliphatic carbocycles. The number of aryl methyl sites for hydroxylation is 2. The summed E-state index contributed by atoms with van der Waals surface area (Å²) in [6, 6.07) is 17.2. The first kappa shape index (κ1) is 37.6. The SMILES string of the molecule is CCCCCCCCCCCCN1C(=CC2=C(O)C(=Cc3cc[n+](CCCCCCCC)c4ccccc34)C2=O)C(C)(C)c2cc(C)ccc21. The number of aliphatic hydroxyl groups excluding tert-OH is 1. The Kier molecular flexibility index (Phi) is 13.5. The number of carbonyl (C=O) groups is 1. The average molecular weight is 676 g/mol. The van der Waals surface area contributed by atoms with Crippen molar-refractivity contribution in [2.45, 2.75) is 149 Å². The Bertz CT molecular complexity index is 1710. The van der Waals surface area contributed by atoms with Crippen molar-refractivity contribution >= 4 is 28.4 Å². The molecule has 0 saturated heterocycles. The molecule has 1 N–H and O–H groups in total. The summed E-state index contributed by atoms with van der Waals surface area (Å²) in [7, 11) is 0. The van der Waals surface area contributed by atoms with Gasteiger partial charge >= 0.3 is 0 Å². The number of anilines is 1. The van der Waals surface area contributed by atoms with Crippen molar-refractivity contribution in [2.75, 3.05) is 11.4 Å². The van der Waals surface area contributed by atoms with Crippen molar-refractivity contribution in [1.82, 2.24) is 0 Å². The molecule has 4 heteroatoms. The summed E-state index contributed by atoms with van der Waals surface area (Å²) in [6.45, 7) is 13.1. The van der Waals surface area contributed by atoms with Crippen LogP contribution in [0.25, 0.3) is 17.0 Å². The Morgan fingerprint density at radius 2 is 1.38 bits per heavy atom. The van der Waals surface area contributed by atoms with Gasteiger partial charge in [0.05, 0.1) is 16.5 Å². The smallest absolute Gasteiger partial charge is 0.213 e. The van der Waals surface area contributed by atoms with Gasteiger partial charge < -0.3 is 10.0 Å². The van der Waals surface area contributed by atoms with Crippen LogP contribution in [0.2, 0.25) is 0 Å². The van der Waals surface area contributed by atoms with Crippen molar-refractivity contribution in [3.63, 3.8) is 0 Å². The van der Waals surface area contributed by atoms with Crippen molar-refractivity contribution in [3.05, 3.63) is 100 Å². The molecular weight excluding hydrogens is 613 g/mol. The Labute approximate surface area is 303 Å². The number of benzene rings is 2. The van der Waals surface area contributed by atoms with Gasteiger partial charge in [-0.3, -0.25) is 4.79 Å². The zero-order valence-corrected chi connectivity index (χ0v) is 31.8. The number of Topliss-reactive ketones (excluding diaryl/α,β-unsaturated/α-hetero) is 1. The molecule has 0 atom stereocenters. The minimum absolute atomic E-state index is 0.0790. The minimum atomic E-state index is -0.272. The maximum atomic E-state index is 13.8. The number of hydrogen-bond acceptors (Lipinski definition) is 3. The fourth-order valence-electron chi connectivity index (χ4n) is 7.94. The molecule has 0 saturated carbocycles. The third-order valence-electron chi connectivity index (χ3n) is 11.1. The van der Waals surface area contributed by atoms with Crippen LogP contribution in [-0.4, -0.2) is 17.4 Å². The lowest BCUT2D eigenvalue weighted by Gasteiger charge is -2.29. The Hall–Kier alpha value is -3.66. The van der Waals surface area contributed by atoms with Crippen LogP contribution in [0.4, 0.5) is 5.69 Å². The van der Waals surface area contributed by atoms with Crippen LogP contribution >= 0.6 is 0 Å². The number of ketones is 1.